The van der Waals surface area contributed by atoms with Gasteiger partial charge in [0.1, 0.15) is 6.61 Å². The summed E-state index contributed by atoms with van der Waals surface area (Å²) in [6.07, 6.45) is 2.89. The summed E-state index contributed by atoms with van der Waals surface area (Å²) in [5.41, 5.74) is 0.841. The Bertz CT molecular complexity index is 762. The van der Waals surface area contributed by atoms with Crippen LogP contribution in [-0.4, -0.2) is 45.3 Å². The van der Waals surface area contributed by atoms with Crippen LogP contribution in [0.25, 0.3) is 0 Å². The van der Waals surface area contributed by atoms with E-state index in [9.17, 15) is 4.79 Å². The number of benzene rings is 1. The number of methoxy groups -OCH3 is 3. The van der Waals surface area contributed by atoms with Gasteiger partial charge in [-0.2, -0.15) is 0 Å². The number of ether oxygens (including phenoxy) is 4. The number of aromatic nitrogens is 1. The first kappa shape index (κ1) is 20.3. The molecule has 0 atom stereocenters. The van der Waals surface area contributed by atoms with Crippen molar-refractivity contribution < 1.29 is 23.7 Å². The highest BCUT2D eigenvalue weighted by atomic mass is 35.5. The van der Waals surface area contributed by atoms with Crippen molar-refractivity contribution in [1.82, 2.24) is 4.98 Å². The molecule has 140 valence electrons. The van der Waals surface area contributed by atoms with E-state index in [0.717, 1.165) is 0 Å². The summed E-state index contributed by atoms with van der Waals surface area (Å²) in [6.45, 7) is 0.604. The Labute approximate surface area is 161 Å². The Morgan fingerprint density at radius 2 is 1.69 bits per heavy atom. The van der Waals surface area contributed by atoms with E-state index in [4.69, 9.17) is 42.1 Å². The SMILES string of the molecule is COCCOc1c(C(=O)Cc2c(Cl)cncc2Cl)ccc(OC)c1OC. The van der Waals surface area contributed by atoms with Crippen molar-refractivity contribution in [2.75, 3.05) is 34.5 Å². The average molecular weight is 400 g/mol. The van der Waals surface area contributed by atoms with E-state index in [-0.39, 0.29) is 24.6 Å². The predicted octanol–water partition coefficient (Wildman–Crippen LogP) is 3.86. The van der Waals surface area contributed by atoms with Crippen molar-refractivity contribution >= 4 is 29.0 Å². The zero-order valence-electron chi connectivity index (χ0n) is 14.7. The van der Waals surface area contributed by atoms with Crippen molar-refractivity contribution in [3.63, 3.8) is 0 Å². The molecule has 0 bridgehead atoms. The number of ketones is 1. The Morgan fingerprint density at radius 1 is 1.00 bits per heavy atom. The summed E-state index contributed by atoms with van der Waals surface area (Å²) in [6, 6.07) is 3.26. The quantitative estimate of drug-likeness (QED) is 0.471. The molecule has 1 aromatic carbocycles. The maximum Gasteiger partial charge on any atom is 0.204 e. The summed E-state index contributed by atoms with van der Waals surface area (Å²) in [5.74, 6) is 0.849. The number of nitrogens with zero attached hydrogens (tertiary/aromatic N) is 1. The topological polar surface area (TPSA) is 66.9 Å². The van der Waals surface area contributed by atoms with Gasteiger partial charge in [0.2, 0.25) is 5.75 Å². The molecular weight excluding hydrogens is 381 g/mol. The van der Waals surface area contributed by atoms with Crippen LogP contribution < -0.4 is 14.2 Å². The van der Waals surface area contributed by atoms with Crippen LogP contribution in [0.15, 0.2) is 24.5 Å². The van der Waals surface area contributed by atoms with Gasteiger partial charge >= 0.3 is 0 Å². The lowest BCUT2D eigenvalue weighted by molar-refractivity contribution is 0.0983. The minimum absolute atomic E-state index is 0.00366. The molecule has 0 spiro atoms. The zero-order chi connectivity index (χ0) is 19.1. The number of hydrogen-bond donors (Lipinski definition) is 0. The molecule has 0 aliphatic rings. The molecule has 2 aromatic rings. The molecular formula is C18H19Cl2NO5. The maximum atomic E-state index is 12.9. The van der Waals surface area contributed by atoms with Gasteiger partial charge < -0.3 is 18.9 Å². The number of pyridine rings is 1. The van der Waals surface area contributed by atoms with E-state index in [1.165, 1.54) is 26.6 Å². The highest BCUT2D eigenvalue weighted by molar-refractivity contribution is 6.36. The van der Waals surface area contributed by atoms with Crippen molar-refractivity contribution in [2.24, 2.45) is 0 Å². The van der Waals surface area contributed by atoms with E-state index >= 15 is 0 Å². The molecule has 2 rings (SSSR count). The minimum Gasteiger partial charge on any atom is -0.493 e. The molecule has 8 heteroatoms. The third-order valence-corrected chi connectivity index (χ3v) is 4.28. The Morgan fingerprint density at radius 3 is 2.27 bits per heavy atom. The lowest BCUT2D eigenvalue weighted by Gasteiger charge is -2.17. The standard InChI is InChI=1S/C18H19Cl2NO5/c1-23-6-7-26-17-11(4-5-16(24-2)18(17)25-3)15(22)8-12-13(19)9-21-10-14(12)20/h4-5,9-10H,6-8H2,1-3H3. The van der Waals surface area contributed by atoms with E-state index in [2.05, 4.69) is 4.98 Å². The van der Waals surface area contributed by atoms with Gasteiger partial charge in [0.15, 0.2) is 17.3 Å². The largest absolute Gasteiger partial charge is 0.493 e. The third-order valence-electron chi connectivity index (χ3n) is 3.62. The first-order valence-corrected chi connectivity index (χ1v) is 8.46. The van der Waals surface area contributed by atoms with Gasteiger partial charge in [0.05, 0.1) is 36.4 Å². The number of carbonyl (C=O) groups is 1. The molecule has 0 amide bonds. The van der Waals surface area contributed by atoms with E-state index < -0.39 is 0 Å². The fourth-order valence-corrected chi connectivity index (χ4v) is 2.85. The Balaban J connectivity index is 2.41. The molecule has 1 heterocycles. The minimum atomic E-state index is -0.228. The smallest absolute Gasteiger partial charge is 0.204 e. The molecule has 0 saturated heterocycles. The van der Waals surface area contributed by atoms with E-state index in [1.807, 2.05) is 0 Å². The first-order valence-electron chi connectivity index (χ1n) is 7.71. The van der Waals surface area contributed by atoms with Gasteiger partial charge in [-0.05, 0) is 12.1 Å². The summed E-state index contributed by atoms with van der Waals surface area (Å²) in [7, 11) is 4.55. The summed E-state index contributed by atoms with van der Waals surface area (Å²) in [5, 5.41) is 0.654. The molecule has 0 unspecified atom stereocenters. The van der Waals surface area contributed by atoms with Crippen LogP contribution in [-0.2, 0) is 11.2 Å². The number of carbonyl (C=O) groups excluding carboxylic acids is 1. The number of hydrogen-bond acceptors (Lipinski definition) is 6. The van der Waals surface area contributed by atoms with E-state index in [0.29, 0.717) is 39.3 Å². The van der Waals surface area contributed by atoms with Crippen LogP contribution in [0.4, 0.5) is 0 Å². The van der Waals surface area contributed by atoms with Crippen LogP contribution in [0.2, 0.25) is 10.0 Å². The summed E-state index contributed by atoms with van der Waals surface area (Å²) in [4.78, 5) is 16.8. The lowest BCUT2D eigenvalue weighted by atomic mass is 10.0. The second-order valence-electron chi connectivity index (χ2n) is 5.20. The van der Waals surface area contributed by atoms with Crippen molar-refractivity contribution in [3.8, 4) is 17.2 Å². The van der Waals surface area contributed by atoms with Gasteiger partial charge in [-0.1, -0.05) is 23.2 Å². The number of rotatable bonds is 9. The normalized spacial score (nSPS) is 10.5. The molecule has 0 radical (unpaired) electrons. The third kappa shape index (κ3) is 4.58. The van der Waals surface area contributed by atoms with Crippen molar-refractivity contribution in [2.45, 2.75) is 6.42 Å². The number of Topliss-reactive ketones (excluding diaryl/α,β-unsaturated/α-hetero) is 1. The Hall–Kier alpha value is -2.02. The van der Waals surface area contributed by atoms with Crippen molar-refractivity contribution in [3.05, 3.63) is 45.7 Å². The predicted molar refractivity (Wildman–Crippen MR) is 99.2 cm³/mol. The van der Waals surface area contributed by atoms with Gasteiger partial charge in [-0.15, -0.1) is 0 Å². The van der Waals surface area contributed by atoms with Gasteiger partial charge in [-0.25, -0.2) is 0 Å². The average Bonchev–Trinajstić information content (AvgIpc) is 2.64. The summed E-state index contributed by atoms with van der Waals surface area (Å²) < 4.78 is 21.4. The maximum absolute atomic E-state index is 12.9. The highest BCUT2D eigenvalue weighted by Crippen LogP contribution is 2.40. The molecule has 0 aliphatic carbocycles. The van der Waals surface area contributed by atoms with Crippen LogP contribution in [0.3, 0.4) is 0 Å². The van der Waals surface area contributed by atoms with Crippen LogP contribution in [0.1, 0.15) is 15.9 Å². The molecule has 26 heavy (non-hydrogen) atoms. The lowest BCUT2D eigenvalue weighted by Crippen LogP contribution is -2.12. The highest BCUT2D eigenvalue weighted by Gasteiger charge is 2.23. The van der Waals surface area contributed by atoms with Crippen LogP contribution >= 0.6 is 23.2 Å². The molecule has 0 aliphatic heterocycles. The van der Waals surface area contributed by atoms with Crippen molar-refractivity contribution in [1.29, 1.82) is 0 Å². The monoisotopic (exact) mass is 399 g/mol. The van der Waals surface area contributed by atoms with E-state index in [1.54, 1.807) is 19.2 Å². The summed E-state index contributed by atoms with van der Waals surface area (Å²) >= 11 is 12.2. The zero-order valence-corrected chi connectivity index (χ0v) is 16.2. The molecule has 6 nitrogen and oxygen atoms in total. The molecule has 0 N–H and O–H groups in total. The fraction of sp³-hybridized carbons (Fsp3) is 0.333. The molecule has 0 fully saturated rings. The van der Waals surface area contributed by atoms with Gasteiger partial charge in [-0.3, -0.25) is 9.78 Å². The van der Waals surface area contributed by atoms with Gasteiger partial charge in [0.25, 0.3) is 0 Å². The van der Waals surface area contributed by atoms with Gasteiger partial charge in [0, 0.05) is 31.5 Å². The molecule has 0 saturated carbocycles. The Kier molecular flexibility index (Phi) is 7.50. The van der Waals surface area contributed by atoms with Crippen LogP contribution in [0, 0.1) is 0 Å². The second-order valence-corrected chi connectivity index (χ2v) is 6.02. The first-order chi connectivity index (χ1) is 12.5. The van der Waals surface area contributed by atoms with Crippen LogP contribution in [0.5, 0.6) is 17.2 Å². The molecule has 1 aromatic heterocycles. The fourth-order valence-electron chi connectivity index (χ4n) is 2.35. The number of halogens is 2. The second kappa shape index (κ2) is 9.62.